The zero-order valence-electron chi connectivity index (χ0n) is 10.9. The lowest BCUT2D eigenvalue weighted by Gasteiger charge is -2.24. The molecule has 0 unspecified atom stereocenters. The number of benzene rings is 1. The third-order valence-corrected chi connectivity index (χ3v) is 5.34. The van der Waals surface area contributed by atoms with Crippen LogP contribution in [-0.2, 0) is 10.3 Å². The van der Waals surface area contributed by atoms with Crippen LogP contribution in [0.15, 0.2) is 34.1 Å². The quantitative estimate of drug-likeness (QED) is 0.787. The average Bonchev–Trinajstić information content (AvgIpc) is 3.08. The Morgan fingerprint density at radius 3 is 2.79 bits per heavy atom. The van der Waals surface area contributed by atoms with Crippen LogP contribution < -0.4 is 0 Å². The smallest absolute Gasteiger partial charge is 0.125 e. The van der Waals surface area contributed by atoms with Crippen LogP contribution in [0.1, 0.15) is 30.7 Å². The van der Waals surface area contributed by atoms with Crippen molar-refractivity contribution in [1.82, 2.24) is 4.98 Å². The van der Waals surface area contributed by atoms with Crippen LogP contribution in [0, 0.1) is 0 Å². The van der Waals surface area contributed by atoms with E-state index in [4.69, 9.17) is 9.72 Å². The van der Waals surface area contributed by atoms with Crippen molar-refractivity contribution in [3.8, 4) is 11.3 Å². The maximum absolute atomic E-state index is 5.80. The molecule has 2 aromatic rings. The minimum absolute atomic E-state index is 0.130. The highest BCUT2D eigenvalue weighted by Crippen LogP contribution is 2.43. The van der Waals surface area contributed by atoms with Gasteiger partial charge in [0.2, 0.25) is 0 Å². The fourth-order valence-electron chi connectivity index (χ4n) is 2.71. The molecule has 1 aromatic heterocycles. The molecule has 0 amide bonds. The Hall–Kier alpha value is -0.710. The number of nitrogens with zero attached hydrogens (tertiary/aromatic N) is 1. The number of methoxy groups -OCH3 is 1. The van der Waals surface area contributed by atoms with Gasteiger partial charge in [-0.1, -0.05) is 40.9 Å². The third kappa shape index (κ3) is 2.49. The van der Waals surface area contributed by atoms with E-state index >= 15 is 0 Å². The molecule has 0 atom stereocenters. The highest BCUT2D eigenvalue weighted by Gasteiger charge is 2.38. The van der Waals surface area contributed by atoms with Crippen molar-refractivity contribution in [2.75, 3.05) is 7.11 Å². The predicted molar refractivity (Wildman–Crippen MR) is 82.4 cm³/mol. The van der Waals surface area contributed by atoms with Gasteiger partial charge in [-0.3, -0.25) is 0 Å². The molecule has 1 heterocycles. The molecule has 0 spiro atoms. The number of thiazole rings is 1. The van der Waals surface area contributed by atoms with Crippen LogP contribution in [0.5, 0.6) is 0 Å². The largest absolute Gasteiger partial charge is 0.371 e. The molecule has 100 valence electrons. The van der Waals surface area contributed by atoms with Crippen LogP contribution in [0.3, 0.4) is 0 Å². The minimum atomic E-state index is -0.130. The maximum atomic E-state index is 5.80. The summed E-state index contributed by atoms with van der Waals surface area (Å²) in [4.78, 5) is 4.82. The molecule has 19 heavy (non-hydrogen) atoms. The summed E-state index contributed by atoms with van der Waals surface area (Å²) in [5, 5.41) is 3.26. The van der Waals surface area contributed by atoms with Crippen LogP contribution in [-0.4, -0.2) is 12.1 Å². The van der Waals surface area contributed by atoms with E-state index in [2.05, 4.69) is 33.4 Å². The Labute approximate surface area is 126 Å². The van der Waals surface area contributed by atoms with Gasteiger partial charge in [-0.25, -0.2) is 4.98 Å². The number of rotatable bonds is 3. The molecule has 4 heteroatoms. The fourth-order valence-corrected chi connectivity index (χ4v) is 4.18. The Balaban J connectivity index is 1.95. The van der Waals surface area contributed by atoms with Crippen molar-refractivity contribution in [1.29, 1.82) is 0 Å². The number of hydrogen-bond acceptors (Lipinski definition) is 3. The number of halogens is 1. The van der Waals surface area contributed by atoms with E-state index in [1.54, 1.807) is 11.3 Å². The van der Waals surface area contributed by atoms with Gasteiger partial charge in [0.1, 0.15) is 10.6 Å². The molecule has 2 nitrogen and oxygen atoms in total. The van der Waals surface area contributed by atoms with Crippen LogP contribution >= 0.6 is 27.3 Å². The van der Waals surface area contributed by atoms with Gasteiger partial charge < -0.3 is 4.74 Å². The van der Waals surface area contributed by atoms with Crippen molar-refractivity contribution in [3.05, 3.63) is 39.1 Å². The summed E-state index contributed by atoms with van der Waals surface area (Å²) in [5.74, 6) is 0. The van der Waals surface area contributed by atoms with Gasteiger partial charge in [0.15, 0.2) is 0 Å². The molecule has 1 aromatic carbocycles. The summed E-state index contributed by atoms with van der Waals surface area (Å²) in [6, 6.07) is 8.27. The van der Waals surface area contributed by atoms with Gasteiger partial charge in [0.05, 0.1) is 5.69 Å². The second-order valence-electron chi connectivity index (χ2n) is 4.95. The summed E-state index contributed by atoms with van der Waals surface area (Å²) in [7, 11) is 1.81. The zero-order chi connectivity index (χ0) is 13.3. The molecule has 0 N–H and O–H groups in total. The molecule has 0 aliphatic heterocycles. The van der Waals surface area contributed by atoms with E-state index in [1.165, 1.54) is 12.8 Å². The van der Waals surface area contributed by atoms with Gasteiger partial charge in [-0.15, -0.1) is 11.3 Å². The highest BCUT2D eigenvalue weighted by molar-refractivity contribution is 9.10. The molecule has 1 aliphatic carbocycles. The zero-order valence-corrected chi connectivity index (χ0v) is 13.3. The van der Waals surface area contributed by atoms with Crippen molar-refractivity contribution in [2.24, 2.45) is 0 Å². The van der Waals surface area contributed by atoms with Gasteiger partial charge >= 0.3 is 0 Å². The lowest BCUT2D eigenvalue weighted by atomic mass is 10.0. The van der Waals surface area contributed by atoms with Gasteiger partial charge in [0.25, 0.3) is 0 Å². The van der Waals surface area contributed by atoms with Gasteiger partial charge in [-0.05, 0) is 25.0 Å². The Morgan fingerprint density at radius 1 is 1.32 bits per heavy atom. The molecule has 0 radical (unpaired) electrons. The molecular weight excluding hydrogens is 322 g/mol. The first-order valence-electron chi connectivity index (χ1n) is 6.51. The first kappa shape index (κ1) is 13.3. The summed E-state index contributed by atoms with van der Waals surface area (Å²) in [6.07, 6.45) is 4.66. The summed E-state index contributed by atoms with van der Waals surface area (Å²) >= 11 is 5.23. The Morgan fingerprint density at radius 2 is 2.11 bits per heavy atom. The second-order valence-corrected chi connectivity index (χ2v) is 6.73. The van der Waals surface area contributed by atoms with Crippen molar-refractivity contribution >= 4 is 27.3 Å². The van der Waals surface area contributed by atoms with Gasteiger partial charge in [0, 0.05) is 22.5 Å². The Kier molecular flexibility index (Phi) is 3.74. The van der Waals surface area contributed by atoms with Crippen LogP contribution in [0.4, 0.5) is 0 Å². The summed E-state index contributed by atoms with van der Waals surface area (Å²) < 4.78 is 6.88. The maximum Gasteiger partial charge on any atom is 0.125 e. The second kappa shape index (κ2) is 5.35. The topological polar surface area (TPSA) is 22.1 Å². The molecule has 1 aliphatic rings. The van der Waals surface area contributed by atoms with E-state index < -0.39 is 0 Å². The van der Waals surface area contributed by atoms with E-state index in [0.29, 0.717) is 0 Å². The highest BCUT2D eigenvalue weighted by atomic mass is 79.9. The van der Waals surface area contributed by atoms with Crippen molar-refractivity contribution < 1.29 is 4.74 Å². The standard InChI is InChI=1S/C15H16BrNOS/c1-18-15(7-2-3-8-15)14-17-13(10-19-14)11-5-4-6-12(16)9-11/h4-6,9-10H,2-3,7-8H2,1H3. The molecule has 1 saturated carbocycles. The first-order chi connectivity index (χ1) is 9.23. The van der Waals surface area contributed by atoms with Crippen molar-refractivity contribution in [3.63, 3.8) is 0 Å². The third-order valence-electron chi connectivity index (χ3n) is 3.82. The Bertz CT molecular complexity index is 575. The summed E-state index contributed by atoms with van der Waals surface area (Å²) in [5.41, 5.74) is 2.07. The number of aromatic nitrogens is 1. The normalized spacial score (nSPS) is 17.8. The van der Waals surface area contributed by atoms with E-state index in [9.17, 15) is 0 Å². The lowest BCUT2D eigenvalue weighted by molar-refractivity contribution is -0.00879. The lowest BCUT2D eigenvalue weighted by Crippen LogP contribution is -2.24. The SMILES string of the molecule is COC1(c2nc(-c3cccc(Br)c3)cs2)CCCC1. The fraction of sp³-hybridized carbons (Fsp3) is 0.400. The van der Waals surface area contributed by atoms with E-state index in [0.717, 1.165) is 33.6 Å². The van der Waals surface area contributed by atoms with Crippen LogP contribution in [0.2, 0.25) is 0 Å². The first-order valence-corrected chi connectivity index (χ1v) is 8.18. The van der Waals surface area contributed by atoms with Gasteiger partial charge in [-0.2, -0.15) is 0 Å². The number of ether oxygens (including phenoxy) is 1. The number of hydrogen-bond donors (Lipinski definition) is 0. The molecule has 0 bridgehead atoms. The summed E-state index contributed by atoms with van der Waals surface area (Å²) in [6.45, 7) is 0. The molecule has 3 rings (SSSR count). The van der Waals surface area contributed by atoms with Crippen LogP contribution in [0.25, 0.3) is 11.3 Å². The molecule has 0 saturated heterocycles. The molecule has 1 fully saturated rings. The van der Waals surface area contributed by atoms with Crippen molar-refractivity contribution in [2.45, 2.75) is 31.3 Å². The minimum Gasteiger partial charge on any atom is -0.371 e. The average molecular weight is 338 g/mol. The van der Waals surface area contributed by atoms with E-state index in [-0.39, 0.29) is 5.60 Å². The van der Waals surface area contributed by atoms with E-state index in [1.807, 2.05) is 19.2 Å². The monoisotopic (exact) mass is 337 g/mol. The molecular formula is C15H16BrNOS. The predicted octanol–water partition coefficient (Wildman–Crippen LogP) is 4.99.